The van der Waals surface area contributed by atoms with E-state index >= 15 is 0 Å². The van der Waals surface area contributed by atoms with E-state index in [2.05, 4.69) is 25.6 Å². The minimum Gasteiger partial charge on any atom is -0.361 e. The number of nitrogens with one attached hydrogen (secondary N) is 3. The summed E-state index contributed by atoms with van der Waals surface area (Å²) in [7, 11) is 0. The van der Waals surface area contributed by atoms with E-state index in [0.717, 1.165) is 22.2 Å². The fraction of sp³-hybridized carbons (Fsp3) is 0.143. The summed E-state index contributed by atoms with van der Waals surface area (Å²) < 4.78 is 0. The van der Waals surface area contributed by atoms with Crippen LogP contribution in [-0.2, 0) is 16.0 Å². The summed E-state index contributed by atoms with van der Waals surface area (Å²) in [6.07, 6.45) is 3.93. The Balaban J connectivity index is 1.52. The van der Waals surface area contributed by atoms with Crippen molar-refractivity contribution >= 4 is 39.2 Å². The molecule has 4 rings (SSSR count). The maximum atomic E-state index is 12.9. The minimum atomic E-state index is -0.714. The van der Waals surface area contributed by atoms with E-state index in [4.69, 9.17) is 0 Å². The monoisotopic (exact) mass is 405 g/mol. The molecule has 0 aliphatic carbocycles. The van der Waals surface area contributed by atoms with Crippen molar-refractivity contribution < 1.29 is 9.59 Å². The maximum absolute atomic E-state index is 12.9. The van der Waals surface area contributed by atoms with Crippen LogP contribution in [0.3, 0.4) is 0 Å². The van der Waals surface area contributed by atoms with Crippen molar-refractivity contribution in [2.24, 2.45) is 0 Å². The van der Waals surface area contributed by atoms with Crippen LogP contribution in [0.2, 0.25) is 0 Å². The number of pyridine rings is 1. The molecule has 2 amide bonds. The van der Waals surface area contributed by atoms with E-state index in [1.165, 1.54) is 18.3 Å². The zero-order chi connectivity index (χ0) is 20.2. The third-order valence-electron chi connectivity index (χ3n) is 4.45. The summed E-state index contributed by atoms with van der Waals surface area (Å²) in [4.78, 5) is 36.4. The molecule has 1 aromatic carbocycles. The van der Waals surface area contributed by atoms with Gasteiger partial charge in [-0.1, -0.05) is 24.3 Å². The van der Waals surface area contributed by atoms with Crippen molar-refractivity contribution in [3.8, 4) is 11.4 Å². The molecule has 3 heterocycles. The first-order valence-corrected chi connectivity index (χ1v) is 9.98. The second-order valence-electron chi connectivity index (χ2n) is 6.56. The normalized spacial score (nSPS) is 11.9. The molecule has 0 spiro atoms. The molecule has 0 fully saturated rings. The van der Waals surface area contributed by atoms with Crippen LogP contribution < -0.4 is 10.6 Å². The van der Waals surface area contributed by atoms with Crippen molar-refractivity contribution in [1.82, 2.24) is 20.3 Å². The number of H-pyrrole nitrogens is 1. The third-order valence-corrected chi connectivity index (χ3v) is 5.21. The van der Waals surface area contributed by atoms with E-state index in [-0.39, 0.29) is 11.8 Å². The van der Waals surface area contributed by atoms with Gasteiger partial charge in [-0.3, -0.25) is 14.6 Å². The minimum absolute atomic E-state index is 0.265. The van der Waals surface area contributed by atoms with Gasteiger partial charge in [0, 0.05) is 42.0 Å². The molecular formula is C21H19N5O2S. The number of benzene rings is 1. The molecule has 0 aliphatic heterocycles. The number of hydrogen-bond acceptors (Lipinski definition) is 5. The number of fused-ring (bicyclic) bond motifs is 1. The molecular weight excluding hydrogens is 386 g/mol. The third kappa shape index (κ3) is 4.33. The molecule has 146 valence electrons. The largest absolute Gasteiger partial charge is 0.361 e. The summed E-state index contributed by atoms with van der Waals surface area (Å²) in [5.74, 6) is -0.578. The number of nitrogens with zero attached hydrogens (tertiary/aromatic N) is 2. The fourth-order valence-electron chi connectivity index (χ4n) is 3.13. The standard InChI is InChI=1S/C21H19N5O2S/c1-13(27)24-18(10-14-11-23-16-7-3-2-6-15(14)16)20(28)26-21-25-19(12-29-21)17-8-4-5-9-22-17/h2-9,11-12,18,23H,10H2,1H3,(H,24,27)(H,25,26,28). The smallest absolute Gasteiger partial charge is 0.249 e. The van der Waals surface area contributed by atoms with Gasteiger partial charge in [0.1, 0.15) is 11.7 Å². The molecule has 1 unspecified atom stereocenters. The molecule has 0 saturated carbocycles. The van der Waals surface area contributed by atoms with Crippen LogP contribution in [0.4, 0.5) is 5.13 Å². The summed E-state index contributed by atoms with van der Waals surface area (Å²) in [6.45, 7) is 1.40. The van der Waals surface area contributed by atoms with Crippen LogP contribution in [0.25, 0.3) is 22.3 Å². The van der Waals surface area contributed by atoms with Gasteiger partial charge >= 0.3 is 0 Å². The second kappa shape index (κ2) is 8.24. The first kappa shape index (κ1) is 18.8. The van der Waals surface area contributed by atoms with Crippen molar-refractivity contribution in [1.29, 1.82) is 0 Å². The van der Waals surface area contributed by atoms with Gasteiger partial charge in [0.15, 0.2) is 5.13 Å². The van der Waals surface area contributed by atoms with Gasteiger partial charge in [-0.25, -0.2) is 4.98 Å². The molecule has 3 aromatic heterocycles. The van der Waals surface area contributed by atoms with Crippen molar-refractivity contribution in [3.63, 3.8) is 0 Å². The zero-order valence-corrected chi connectivity index (χ0v) is 16.5. The summed E-state index contributed by atoms with van der Waals surface area (Å²) >= 11 is 1.32. The number of anilines is 1. The van der Waals surface area contributed by atoms with Crippen LogP contribution in [0.5, 0.6) is 0 Å². The Morgan fingerprint density at radius 3 is 2.76 bits per heavy atom. The summed E-state index contributed by atoms with van der Waals surface area (Å²) in [6, 6.07) is 12.7. The molecule has 0 aliphatic rings. The van der Waals surface area contributed by atoms with Crippen LogP contribution in [0.1, 0.15) is 12.5 Å². The number of carbonyl (C=O) groups excluding carboxylic acids is 2. The second-order valence-corrected chi connectivity index (χ2v) is 7.42. The van der Waals surface area contributed by atoms with Gasteiger partial charge in [-0.15, -0.1) is 11.3 Å². The van der Waals surface area contributed by atoms with Crippen LogP contribution in [0.15, 0.2) is 60.2 Å². The molecule has 7 nitrogen and oxygen atoms in total. The topological polar surface area (TPSA) is 99.8 Å². The number of para-hydroxylation sites is 1. The Kier molecular flexibility index (Phi) is 5.35. The first-order valence-electron chi connectivity index (χ1n) is 9.10. The highest BCUT2D eigenvalue weighted by molar-refractivity contribution is 7.14. The van der Waals surface area contributed by atoms with Gasteiger partial charge in [0.2, 0.25) is 11.8 Å². The lowest BCUT2D eigenvalue weighted by molar-refractivity contribution is -0.125. The number of aromatic nitrogens is 3. The van der Waals surface area contributed by atoms with E-state index < -0.39 is 6.04 Å². The first-order chi connectivity index (χ1) is 14.1. The van der Waals surface area contributed by atoms with Gasteiger partial charge in [0.25, 0.3) is 0 Å². The van der Waals surface area contributed by atoms with Gasteiger partial charge in [0.05, 0.1) is 5.69 Å². The van der Waals surface area contributed by atoms with E-state index in [1.807, 2.05) is 54.0 Å². The molecule has 0 bridgehead atoms. The summed E-state index contributed by atoms with van der Waals surface area (Å²) in [5, 5.41) is 8.89. The quantitative estimate of drug-likeness (QED) is 0.458. The van der Waals surface area contributed by atoms with Gasteiger partial charge < -0.3 is 15.6 Å². The average molecular weight is 405 g/mol. The van der Waals surface area contributed by atoms with Crippen molar-refractivity contribution in [3.05, 3.63) is 65.8 Å². The van der Waals surface area contributed by atoms with Crippen LogP contribution in [0, 0.1) is 0 Å². The summed E-state index contributed by atoms with van der Waals surface area (Å²) in [5.41, 5.74) is 3.38. The molecule has 29 heavy (non-hydrogen) atoms. The van der Waals surface area contributed by atoms with Gasteiger partial charge in [-0.05, 0) is 23.8 Å². The van der Waals surface area contributed by atoms with E-state index in [1.54, 1.807) is 6.20 Å². The molecule has 1 atom stereocenters. The number of hydrogen-bond donors (Lipinski definition) is 3. The Bertz CT molecular complexity index is 1150. The molecule has 8 heteroatoms. The number of amides is 2. The van der Waals surface area contributed by atoms with E-state index in [0.29, 0.717) is 17.2 Å². The Hall–Kier alpha value is -3.52. The zero-order valence-electron chi connectivity index (χ0n) is 15.7. The average Bonchev–Trinajstić information content (AvgIpc) is 3.35. The van der Waals surface area contributed by atoms with Gasteiger partial charge in [-0.2, -0.15) is 0 Å². The maximum Gasteiger partial charge on any atom is 0.249 e. The number of thiazole rings is 1. The number of aromatic amines is 1. The highest BCUT2D eigenvalue weighted by atomic mass is 32.1. The lowest BCUT2D eigenvalue weighted by atomic mass is 10.0. The SMILES string of the molecule is CC(=O)NC(Cc1c[nH]c2ccccc12)C(=O)Nc1nc(-c2ccccn2)cs1. The Labute approximate surface area is 171 Å². The molecule has 0 saturated heterocycles. The number of rotatable bonds is 6. The van der Waals surface area contributed by atoms with Crippen LogP contribution >= 0.6 is 11.3 Å². The lowest BCUT2D eigenvalue weighted by Crippen LogP contribution is -2.44. The van der Waals surface area contributed by atoms with Crippen molar-refractivity contribution in [2.75, 3.05) is 5.32 Å². The number of carbonyl (C=O) groups is 2. The Morgan fingerprint density at radius 2 is 1.97 bits per heavy atom. The van der Waals surface area contributed by atoms with Crippen LogP contribution in [-0.4, -0.2) is 32.8 Å². The Morgan fingerprint density at radius 1 is 1.14 bits per heavy atom. The highest BCUT2D eigenvalue weighted by Crippen LogP contribution is 2.24. The fourth-order valence-corrected chi connectivity index (χ4v) is 3.84. The highest BCUT2D eigenvalue weighted by Gasteiger charge is 2.22. The van der Waals surface area contributed by atoms with E-state index in [9.17, 15) is 9.59 Å². The molecule has 0 radical (unpaired) electrons. The van der Waals surface area contributed by atoms with Crippen molar-refractivity contribution in [2.45, 2.75) is 19.4 Å². The lowest BCUT2D eigenvalue weighted by Gasteiger charge is -2.16. The molecule has 4 aromatic rings. The predicted octanol–water partition coefficient (Wildman–Crippen LogP) is 3.37. The predicted molar refractivity (Wildman–Crippen MR) is 114 cm³/mol. The molecule has 3 N–H and O–H groups in total.